The number of hydrogen-bond acceptors (Lipinski definition) is 3. The Balaban J connectivity index is 1.73. The lowest BCUT2D eigenvalue weighted by Gasteiger charge is -2.14. The minimum Gasteiger partial charge on any atom is -0.361 e. The Morgan fingerprint density at radius 1 is 1.42 bits per heavy atom. The van der Waals surface area contributed by atoms with Crippen molar-refractivity contribution in [2.45, 2.75) is 39.3 Å². The summed E-state index contributed by atoms with van der Waals surface area (Å²) in [5, 5.41) is 8.41. The fourth-order valence-corrected chi connectivity index (χ4v) is 2.97. The van der Waals surface area contributed by atoms with Crippen molar-refractivity contribution in [2.75, 3.05) is 0 Å². The van der Waals surface area contributed by atoms with Crippen LogP contribution in [0.25, 0.3) is 0 Å². The number of nitrogens with one attached hydrogen (secondary N) is 1. The second kappa shape index (κ2) is 4.99. The maximum Gasteiger partial charge on any atom is 0.138 e. The molecular formula is C15H17ClN2O. The van der Waals surface area contributed by atoms with Gasteiger partial charge >= 0.3 is 0 Å². The van der Waals surface area contributed by atoms with Crippen molar-refractivity contribution >= 4 is 11.6 Å². The molecule has 1 aliphatic rings. The highest BCUT2D eigenvalue weighted by Gasteiger charge is 2.22. The molecule has 1 aromatic carbocycles. The number of fused-ring (bicyclic) bond motifs is 1. The summed E-state index contributed by atoms with van der Waals surface area (Å²) in [6, 6.07) is 6.58. The Hall–Kier alpha value is -1.32. The van der Waals surface area contributed by atoms with Crippen LogP contribution >= 0.6 is 11.6 Å². The van der Waals surface area contributed by atoms with E-state index in [0.29, 0.717) is 6.04 Å². The summed E-state index contributed by atoms with van der Waals surface area (Å²) in [5.74, 6) is 0.902. The summed E-state index contributed by atoms with van der Waals surface area (Å²) >= 11 is 6.03. The van der Waals surface area contributed by atoms with Crippen molar-refractivity contribution in [3.8, 4) is 0 Å². The van der Waals surface area contributed by atoms with Gasteiger partial charge < -0.3 is 9.84 Å². The third-order valence-corrected chi connectivity index (χ3v) is 4.12. The van der Waals surface area contributed by atoms with Crippen molar-refractivity contribution in [3.05, 3.63) is 51.4 Å². The zero-order chi connectivity index (χ0) is 13.4. The lowest BCUT2D eigenvalue weighted by molar-refractivity contribution is 0.391. The summed E-state index contributed by atoms with van der Waals surface area (Å²) < 4.78 is 5.19. The van der Waals surface area contributed by atoms with E-state index in [2.05, 4.69) is 22.6 Å². The largest absolute Gasteiger partial charge is 0.361 e. The first-order valence-corrected chi connectivity index (χ1v) is 6.96. The zero-order valence-electron chi connectivity index (χ0n) is 11.2. The maximum absolute atomic E-state index is 6.03. The summed E-state index contributed by atoms with van der Waals surface area (Å²) in [7, 11) is 0. The van der Waals surface area contributed by atoms with Gasteiger partial charge in [-0.05, 0) is 49.9 Å². The van der Waals surface area contributed by atoms with Gasteiger partial charge in [0.2, 0.25) is 0 Å². The van der Waals surface area contributed by atoms with Crippen LogP contribution in [0.1, 0.15) is 40.6 Å². The average molecular weight is 277 g/mol. The van der Waals surface area contributed by atoms with Gasteiger partial charge in [0.1, 0.15) is 5.76 Å². The fourth-order valence-electron chi connectivity index (χ4n) is 2.78. The Morgan fingerprint density at radius 3 is 3.00 bits per heavy atom. The van der Waals surface area contributed by atoms with Gasteiger partial charge in [-0.2, -0.15) is 0 Å². The lowest BCUT2D eigenvalue weighted by atomic mass is 10.1. The van der Waals surface area contributed by atoms with Crippen molar-refractivity contribution in [1.29, 1.82) is 0 Å². The summed E-state index contributed by atoms with van der Waals surface area (Å²) in [4.78, 5) is 0. The highest BCUT2D eigenvalue weighted by Crippen LogP contribution is 2.33. The average Bonchev–Trinajstić information content (AvgIpc) is 2.92. The third-order valence-electron chi connectivity index (χ3n) is 3.89. The predicted molar refractivity (Wildman–Crippen MR) is 75.3 cm³/mol. The molecule has 3 nitrogen and oxygen atoms in total. The normalized spacial score (nSPS) is 17.7. The standard InChI is InChI=1S/C15H17ClN2O/c1-9-14(10(2)19-18-9)8-17-15-6-3-11-7-12(16)4-5-13(11)15/h4-5,7,15,17H,3,6,8H2,1-2H3. The van der Waals surface area contributed by atoms with Crippen LogP contribution in [0.2, 0.25) is 5.02 Å². The number of rotatable bonds is 3. The topological polar surface area (TPSA) is 38.1 Å². The molecule has 2 aromatic rings. The maximum atomic E-state index is 6.03. The molecule has 0 aliphatic heterocycles. The molecule has 19 heavy (non-hydrogen) atoms. The summed E-state index contributed by atoms with van der Waals surface area (Å²) in [6.07, 6.45) is 2.22. The SMILES string of the molecule is Cc1noc(C)c1CNC1CCc2cc(Cl)ccc21. The fraction of sp³-hybridized carbons (Fsp3) is 0.400. The Kier molecular flexibility index (Phi) is 3.33. The molecule has 100 valence electrons. The van der Waals surface area contributed by atoms with Gasteiger partial charge in [0.05, 0.1) is 5.69 Å². The van der Waals surface area contributed by atoms with E-state index in [0.717, 1.165) is 35.9 Å². The molecule has 0 bridgehead atoms. The minimum atomic E-state index is 0.404. The van der Waals surface area contributed by atoms with E-state index < -0.39 is 0 Å². The quantitative estimate of drug-likeness (QED) is 0.928. The van der Waals surface area contributed by atoms with Gasteiger partial charge in [-0.25, -0.2) is 0 Å². The molecule has 1 heterocycles. The second-order valence-corrected chi connectivity index (χ2v) is 5.55. The smallest absolute Gasteiger partial charge is 0.138 e. The molecule has 4 heteroatoms. The van der Waals surface area contributed by atoms with Gasteiger partial charge in [-0.3, -0.25) is 0 Å². The van der Waals surface area contributed by atoms with Gasteiger partial charge in [-0.15, -0.1) is 0 Å². The number of benzene rings is 1. The number of aryl methyl sites for hydroxylation is 3. The Labute approximate surface area is 117 Å². The number of halogens is 1. The highest BCUT2D eigenvalue weighted by atomic mass is 35.5. The first kappa shape index (κ1) is 12.7. The van der Waals surface area contributed by atoms with Crippen molar-refractivity contribution in [1.82, 2.24) is 10.5 Å². The van der Waals surface area contributed by atoms with E-state index in [1.165, 1.54) is 16.7 Å². The van der Waals surface area contributed by atoms with Gasteiger partial charge in [0, 0.05) is 23.2 Å². The molecular weight excluding hydrogens is 260 g/mol. The van der Waals surface area contributed by atoms with Gasteiger partial charge in [0.15, 0.2) is 0 Å². The van der Waals surface area contributed by atoms with Crippen LogP contribution < -0.4 is 5.32 Å². The molecule has 3 rings (SSSR count). The molecule has 0 saturated heterocycles. The number of hydrogen-bond donors (Lipinski definition) is 1. The molecule has 1 unspecified atom stereocenters. The van der Waals surface area contributed by atoms with Crippen molar-refractivity contribution < 1.29 is 4.52 Å². The van der Waals surface area contributed by atoms with Crippen LogP contribution in [-0.4, -0.2) is 5.16 Å². The van der Waals surface area contributed by atoms with E-state index in [4.69, 9.17) is 16.1 Å². The second-order valence-electron chi connectivity index (χ2n) is 5.12. The Bertz CT molecular complexity index is 587. The van der Waals surface area contributed by atoms with E-state index >= 15 is 0 Å². The molecule has 1 atom stereocenters. The first-order valence-electron chi connectivity index (χ1n) is 6.58. The van der Waals surface area contributed by atoms with E-state index in [1.54, 1.807) is 0 Å². The van der Waals surface area contributed by atoms with E-state index in [9.17, 15) is 0 Å². The van der Waals surface area contributed by atoms with Gasteiger partial charge in [0.25, 0.3) is 0 Å². The molecule has 0 saturated carbocycles. The molecule has 0 fully saturated rings. The molecule has 0 amide bonds. The van der Waals surface area contributed by atoms with Crippen LogP contribution in [0.5, 0.6) is 0 Å². The summed E-state index contributed by atoms with van der Waals surface area (Å²) in [6.45, 7) is 4.74. The lowest BCUT2D eigenvalue weighted by Crippen LogP contribution is -2.19. The van der Waals surface area contributed by atoms with Crippen molar-refractivity contribution in [3.63, 3.8) is 0 Å². The molecule has 1 aromatic heterocycles. The third kappa shape index (κ3) is 2.40. The molecule has 0 radical (unpaired) electrons. The van der Waals surface area contributed by atoms with Crippen LogP contribution in [0.15, 0.2) is 22.7 Å². The predicted octanol–water partition coefficient (Wildman–Crippen LogP) is 3.72. The number of aromatic nitrogens is 1. The first-order chi connectivity index (χ1) is 9.15. The Morgan fingerprint density at radius 2 is 2.26 bits per heavy atom. The minimum absolute atomic E-state index is 0.404. The summed E-state index contributed by atoms with van der Waals surface area (Å²) in [5.41, 5.74) is 4.88. The van der Waals surface area contributed by atoms with Gasteiger partial charge in [-0.1, -0.05) is 22.8 Å². The highest BCUT2D eigenvalue weighted by molar-refractivity contribution is 6.30. The molecule has 0 spiro atoms. The van der Waals surface area contributed by atoms with Crippen LogP contribution in [0.4, 0.5) is 0 Å². The molecule has 1 aliphatic carbocycles. The van der Waals surface area contributed by atoms with E-state index in [-0.39, 0.29) is 0 Å². The van der Waals surface area contributed by atoms with Crippen LogP contribution in [0, 0.1) is 13.8 Å². The molecule has 1 N–H and O–H groups in total. The zero-order valence-corrected chi connectivity index (χ0v) is 11.9. The van der Waals surface area contributed by atoms with Crippen LogP contribution in [-0.2, 0) is 13.0 Å². The monoisotopic (exact) mass is 276 g/mol. The number of nitrogens with zero attached hydrogens (tertiary/aromatic N) is 1. The van der Waals surface area contributed by atoms with Crippen LogP contribution in [0.3, 0.4) is 0 Å². The van der Waals surface area contributed by atoms with E-state index in [1.807, 2.05) is 19.9 Å². The van der Waals surface area contributed by atoms with Crippen molar-refractivity contribution in [2.24, 2.45) is 0 Å².